The Morgan fingerprint density at radius 3 is 2.41 bits per heavy atom. The third kappa shape index (κ3) is 7.14. The van der Waals surface area contributed by atoms with Gasteiger partial charge >= 0.3 is 0 Å². The van der Waals surface area contributed by atoms with E-state index in [0.717, 1.165) is 31.2 Å². The quantitative estimate of drug-likeness (QED) is 0.395. The predicted octanol–water partition coefficient (Wildman–Crippen LogP) is 6.51. The van der Waals surface area contributed by atoms with Crippen LogP contribution in [-0.4, -0.2) is 53.9 Å². The van der Waals surface area contributed by atoms with Crippen LogP contribution in [0.15, 0.2) is 78.9 Å². The lowest BCUT2D eigenvalue weighted by Crippen LogP contribution is -2.45. The first-order valence-corrected chi connectivity index (χ1v) is 13.6. The van der Waals surface area contributed by atoms with Crippen molar-refractivity contribution in [2.45, 2.75) is 45.1 Å². The molecule has 6 heteroatoms. The van der Waals surface area contributed by atoms with Crippen molar-refractivity contribution in [1.29, 1.82) is 0 Å². The van der Waals surface area contributed by atoms with E-state index in [2.05, 4.69) is 12.1 Å². The minimum absolute atomic E-state index is 0.0124. The van der Waals surface area contributed by atoms with Gasteiger partial charge in [0.05, 0.1) is 11.6 Å². The normalized spacial score (nSPS) is 17.5. The van der Waals surface area contributed by atoms with Crippen LogP contribution in [0.5, 0.6) is 5.75 Å². The van der Waals surface area contributed by atoms with Crippen LogP contribution < -0.4 is 4.74 Å². The largest absolute Gasteiger partial charge is 0.491 e. The summed E-state index contributed by atoms with van der Waals surface area (Å²) in [6.07, 6.45) is 4.45. The lowest BCUT2D eigenvalue weighted by atomic mass is 10.0. The summed E-state index contributed by atoms with van der Waals surface area (Å²) in [4.78, 5) is 31.0. The zero-order valence-electron chi connectivity index (χ0n) is 21.4. The summed E-state index contributed by atoms with van der Waals surface area (Å²) in [6.45, 7) is 4.29. The molecule has 3 aromatic carbocycles. The predicted molar refractivity (Wildman–Crippen MR) is 148 cm³/mol. The lowest BCUT2D eigenvalue weighted by molar-refractivity contribution is 0.0597. The maximum absolute atomic E-state index is 13.8. The molecule has 2 amide bonds. The lowest BCUT2D eigenvalue weighted by Gasteiger charge is -2.33. The van der Waals surface area contributed by atoms with Gasteiger partial charge in [-0.2, -0.15) is 0 Å². The molecule has 0 radical (unpaired) electrons. The van der Waals surface area contributed by atoms with E-state index in [1.165, 1.54) is 0 Å². The van der Waals surface area contributed by atoms with Gasteiger partial charge in [0.15, 0.2) is 0 Å². The van der Waals surface area contributed by atoms with E-state index in [-0.39, 0.29) is 24.5 Å². The van der Waals surface area contributed by atoms with Gasteiger partial charge in [-0.05, 0) is 62.1 Å². The highest BCUT2D eigenvalue weighted by Gasteiger charge is 2.27. The topological polar surface area (TPSA) is 49.9 Å². The van der Waals surface area contributed by atoms with Crippen LogP contribution in [0, 0.1) is 0 Å². The van der Waals surface area contributed by atoms with Crippen LogP contribution in [0.3, 0.4) is 0 Å². The molecule has 1 aliphatic rings. The number of carbonyl (C=O) groups is 2. The van der Waals surface area contributed by atoms with E-state index < -0.39 is 0 Å². The zero-order valence-corrected chi connectivity index (χ0v) is 22.2. The highest BCUT2D eigenvalue weighted by Crippen LogP contribution is 2.24. The molecule has 0 aromatic heterocycles. The van der Waals surface area contributed by atoms with E-state index in [1.807, 2.05) is 71.3 Å². The fourth-order valence-corrected chi connectivity index (χ4v) is 5.04. The summed E-state index contributed by atoms with van der Waals surface area (Å²) in [6, 6.07) is 24.5. The monoisotopic (exact) mass is 518 g/mol. The molecular weight excluding hydrogens is 484 g/mol. The second-order valence-electron chi connectivity index (χ2n) is 9.46. The number of rotatable bonds is 4. The first-order chi connectivity index (χ1) is 18.1. The molecule has 0 fully saturated rings. The average molecular weight is 519 g/mol. The SMILES string of the molecule is CCN1CCCCCCN(C(=O)c2cccc(Cl)c2)[C@H](Cc2ccccc2)COc2ccccc2C1=O. The Morgan fingerprint density at radius 1 is 0.919 bits per heavy atom. The fraction of sp³-hybridized carbons (Fsp3) is 0.355. The molecule has 0 saturated carbocycles. The molecule has 4 rings (SSSR count). The van der Waals surface area contributed by atoms with Crippen molar-refractivity contribution in [3.05, 3.63) is 101 Å². The second-order valence-corrected chi connectivity index (χ2v) is 9.90. The summed E-state index contributed by atoms with van der Waals surface area (Å²) in [5.41, 5.74) is 2.26. The van der Waals surface area contributed by atoms with Crippen molar-refractivity contribution in [3.8, 4) is 5.75 Å². The molecule has 1 atom stereocenters. The number of halogens is 1. The van der Waals surface area contributed by atoms with Crippen LogP contribution in [-0.2, 0) is 6.42 Å². The summed E-state index contributed by atoms with van der Waals surface area (Å²) < 4.78 is 6.35. The fourth-order valence-electron chi connectivity index (χ4n) is 4.85. The Kier molecular flexibility index (Phi) is 9.61. The number of hydrogen-bond donors (Lipinski definition) is 0. The van der Waals surface area contributed by atoms with Crippen molar-refractivity contribution < 1.29 is 14.3 Å². The maximum Gasteiger partial charge on any atom is 0.257 e. The molecule has 0 spiro atoms. The van der Waals surface area contributed by atoms with Crippen molar-refractivity contribution in [1.82, 2.24) is 9.80 Å². The van der Waals surface area contributed by atoms with Crippen molar-refractivity contribution in [3.63, 3.8) is 0 Å². The number of amides is 2. The smallest absolute Gasteiger partial charge is 0.257 e. The van der Waals surface area contributed by atoms with Crippen LogP contribution in [0.25, 0.3) is 0 Å². The summed E-state index contributed by atoms with van der Waals surface area (Å²) in [5, 5.41) is 0.539. The highest BCUT2D eigenvalue weighted by atomic mass is 35.5. The van der Waals surface area contributed by atoms with Crippen LogP contribution in [0.2, 0.25) is 5.02 Å². The first-order valence-electron chi connectivity index (χ1n) is 13.2. The third-order valence-electron chi connectivity index (χ3n) is 6.88. The molecule has 0 aliphatic carbocycles. The minimum atomic E-state index is -0.220. The van der Waals surface area contributed by atoms with Gasteiger partial charge < -0.3 is 14.5 Å². The molecule has 0 saturated heterocycles. The van der Waals surface area contributed by atoms with E-state index in [9.17, 15) is 9.59 Å². The van der Waals surface area contributed by atoms with Gasteiger partial charge in [-0.1, -0.05) is 73.0 Å². The number of benzene rings is 3. The van der Waals surface area contributed by atoms with Crippen LogP contribution in [0.4, 0.5) is 0 Å². The molecule has 1 aliphatic heterocycles. The minimum Gasteiger partial charge on any atom is -0.491 e. The number of hydrogen-bond acceptors (Lipinski definition) is 3. The van der Waals surface area contributed by atoms with E-state index in [1.54, 1.807) is 12.1 Å². The van der Waals surface area contributed by atoms with Gasteiger partial charge in [0.2, 0.25) is 0 Å². The van der Waals surface area contributed by atoms with Crippen LogP contribution in [0.1, 0.15) is 58.9 Å². The highest BCUT2D eigenvalue weighted by molar-refractivity contribution is 6.30. The maximum atomic E-state index is 13.8. The Hall–Kier alpha value is -3.31. The standard InChI is InChI=1S/C31H35ClN2O3/c1-2-33-19-10-3-4-11-20-34(30(35)25-15-12-16-26(32)22-25)27(21-24-13-6-5-7-14-24)23-37-29-18-9-8-17-28(29)31(33)36/h5-9,12-18,22,27H,2-4,10-11,19-21,23H2,1H3/t27-/m1/s1. The second kappa shape index (κ2) is 13.3. The van der Waals surface area contributed by atoms with Gasteiger partial charge in [0.25, 0.3) is 11.8 Å². The van der Waals surface area contributed by atoms with E-state index >= 15 is 0 Å². The van der Waals surface area contributed by atoms with E-state index in [0.29, 0.717) is 48.0 Å². The Labute approximate surface area is 225 Å². The van der Waals surface area contributed by atoms with Gasteiger partial charge in [-0.15, -0.1) is 0 Å². The Bertz CT molecular complexity index is 1180. The number of nitrogens with zero attached hydrogens (tertiary/aromatic N) is 2. The number of para-hydroxylation sites is 1. The number of ether oxygens (including phenoxy) is 1. The molecule has 37 heavy (non-hydrogen) atoms. The molecule has 0 unspecified atom stereocenters. The average Bonchev–Trinajstić information content (AvgIpc) is 2.92. The van der Waals surface area contributed by atoms with Crippen LogP contribution >= 0.6 is 11.6 Å². The Balaban J connectivity index is 1.69. The van der Waals surface area contributed by atoms with E-state index in [4.69, 9.17) is 16.3 Å². The molecule has 3 aromatic rings. The molecule has 5 nitrogen and oxygen atoms in total. The van der Waals surface area contributed by atoms with Gasteiger partial charge in [-0.25, -0.2) is 0 Å². The van der Waals surface area contributed by atoms with Gasteiger partial charge in [0, 0.05) is 30.2 Å². The summed E-state index contributed by atoms with van der Waals surface area (Å²) in [7, 11) is 0. The summed E-state index contributed by atoms with van der Waals surface area (Å²) >= 11 is 6.24. The van der Waals surface area contributed by atoms with Gasteiger partial charge in [0.1, 0.15) is 12.4 Å². The Morgan fingerprint density at radius 2 is 1.65 bits per heavy atom. The molecule has 0 bridgehead atoms. The van der Waals surface area contributed by atoms with Gasteiger partial charge in [-0.3, -0.25) is 9.59 Å². The third-order valence-corrected chi connectivity index (χ3v) is 7.12. The first kappa shape index (κ1) is 26.7. The molecule has 1 heterocycles. The van der Waals surface area contributed by atoms with Crippen molar-refractivity contribution >= 4 is 23.4 Å². The zero-order chi connectivity index (χ0) is 26.0. The molecule has 0 N–H and O–H groups in total. The molecular formula is C31H35ClN2O3. The number of fused-ring (bicyclic) bond motifs is 1. The number of carbonyl (C=O) groups excluding carboxylic acids is 2. The van der Waals surface area contributed by atoms with Crippen molar-refractivity contribution in [2.75, 3.05) is 26.2 Å². The van der Waals surface area contributed by atoms with Crippen molar-refractivity contribution in [2.24, 2.45) is 0 Å². The summed E-state index contributed by atoms with van der Waals surface area (Å²) in [5.74, 6) is 0.485. The molecule has 194 valence electrons.